The van der Waals surface area contributed by atoms with E-state index in [4.69, 9.17) is 15.0 Å². The van der Waals surface area contributed by atoms with Gasteiger partial charge in [0.2, 0.25) is 0 Å². The highest BCUT2D eigenvalue weighted by Crippen LogP contribution is 2.38. The molecule has 0 bridgehead atoms. The summed E-state index contributed by atoms with van der Waals surface area (Å²) < 4.78 is 12.3. The number of nitrogens with two attached hydrogens (primary N) is 1. The molecule has 4 nitrogen and oxygen atoms in total. The molecule has 0 spiro atoms. The van der Waals surface area contributed by atoms with Crippen molar-refractivity contribution in [2.24, 2.45) is 5.73 Å². The maximum absolute atomic E-state index is 6.15. The molecular weight excluding hydrogens is 275 g/mol. The Balaban J connectivity index is 2.29. The van der Waals surface area contributed by atoms with Crippen molar-refractivity contribution >= 4 is 13.2 Å². The predicted octanol–water partition coefficient (Wildman–Crippen LogP) is 2.38. The largest absolute Gasteiger partial charge is 0.491 e. The van der Waals surface area contributed by atoms with Crippen LogP contribution in [0.15, 0.2) is 29.7 Å². The van der Waals surface area contributed by atoms with Crippen molar-refractivity contribution in [1.29, 1.82) is 0 Å². The minimum Gasteiger partial charge on any atom is -0.400 e. The van der Waals surface area contributed by atoms with Crippen molar-refractivity contribution in [3.8, 4) is 0 Å². The second-order valence-electron chi connectivity index (χ2n) is 6.79. The van der Waals surface area contributed by atoms with E-state index in [1.54, 1.807) is 0 Å². The Morgan fingerprint density at radius 2 is 1.86 bits per heavy atom. The van der Waals surface area contributed by atoms with Crippen molar-refractivity contribution in [1.82, 2.24) is 5.32 Å². The number of benzene rings is 1. The summed E-state index contributed by atoms with van der Waals surface area (Å²) in [4.78, 5) is 0. The van der Waals surface area contributed by atoms with E-state index in [1.165, 1.54) is 0 Å². The Kier molecular flexibility index (Phi) is 5.12. The monoisotopic (exact) mass is 302 g/mol. The first-order valence-corrected chi connectivity index (χ1v) is 7.79. The van der Waals surface area contributed by atoms with Crippen LogP contribution in [-0.4, -0.2) is 31.9 Å². The van der Waals surface area contributed by atoms with Gasteiger partial charge in [-0.3, -0.25) is 0 Å². The molecule has 2 rings (SSSR count). The fourth-order valence-electron chi connectivity index (χ4n) is 2.42. The maximum Gasteiger partial charge on any atom is 0.491 e. The normalized spacial score (nSPS) is 20.5. The predicted molar refractivity (Wildman–Crippen MR) is 92.3 cm³/mol. The first kappa shape index (κ1) is 17.2. The van der Waals surface area contributed by atoms with E-state index in [9.17, 15) is 0 Å². The van der Waals surface area contributed by atoms with Gasteiger partial charge in [-0.2, -0.15) is 0 Å². The zero-order valence-electron chi connectivity index (χ0n) is 14.3. The average Bonchev–Trinajstić information content (AvgIpc) is 2.67. The van der Waals surface area contributed by atoms with E-state index < -0.39 is 0 Å². The zero-order chi connectivity index (χ0) is 16.4. The lowest BCUT2D eigenvalue weighted by atomic mass is 9.77. The minimum absolute atomic E-state index is 0.330. The van der Waals surface area contributed by atoms with Crippen LogP contribution in [-0.2, 0) is 15.9 Å². The van der Waals surface area contributed by atoms with Crippen LogP contribution in [0.4, 0.5) is 0 Å². The van der Waals surface area contributed by atoms with Gasteiger partial charge in [0.05, 0.1) is 11.2 Å². The van der Waals surface area contributed by atoms with Gasteiger partial charge in [0.25, 0.3) is 0 Å². The van der Waals surface area contributed by atoms with Gasteiger partial charge in [-0.15, -0.1) is 0 Å². The summed E-state index contributed by atoms with van der Waals surface area (Å²) in [5, 5.41) is 3.20. The summed E-state index contributed by atoms with van der Waals surface area (Å²) in [7, 11) is 1.59. The zero-order valence-corrected chi connectivity index (χ0v) is 14.3. The quantitative estimate of drug-likeness (QED) is 0.820. The van der Waals surface area contributed by atoms with Crippen LogP contribution in [0.25, 0.3) is 6.08 Å². The molecular formula is C17H27BN2O2. The fraction of sp³-hybridized carbons (Fsp3) is 0.529. The smallest absolute Gasteiger partial charge is 0.400 e. The third-order valence-electron chi connectivity index (χ3n) is 4.48. The summed E-state index contributed by atoms with van der Waals surface area (Å²) in [6.45, 7) is 9.53. The second-order valence-corrected chi connectivity index (χ2v) is 6.79. The molecule has 1 fully saturated rings. The van der Waals surface area contributed by atoms with Crippen molar-refractivity contribution in [3.63, 3.8) is 0 Å². The summed E-state index contributed by atoms with van der Waals surface area (Å²) in [6, 6.07) is 8.22. The average molecular weight is 302 g/mol. The molecule has 120 valence electrons. The molecule has 0 amide bonds. The van der Waals surface area contributed by atoms with Gasteiger partial charge in [0.15, 0.2) is 0 Å². The van der Waals surface area contributed by atoms with Crippen molar-refractivity contribution in [2.45, 2.75) is 45.4 Å². The van der Waals surface area contributed by atoms with Crippen LogP contribution in [0.3, 0.4) is 0 Å². The van der Waals surface area contributed by atoms with Gasteiger partial charge in [-0.25, -0.2) is 0 Å². The summed E-state index contributed by atoms with van der Waals surface area (Å²) in [5.74, 6) is 0. The van der Waals surface area contributed by atoms with Gasteiger partial charge < -0.3 is 20.4 Å². The maximum atomic E-state index is 6.15. The van der Waals surface area contributed by atoms with E-state index in [2.05, 4.69) is 51.2 Å². The van der Waals surface area contributed by atoms with E-state index in [-0.39, 0.29) is 18.3 Å². The molecule has 5 heteroatoms. The minimum atomic E-state index is -0.334. The standard InChI is InChI=1S/C17H27BN2O2/c1-16(2)17(3,4)22-18(21-16)15(12-20-5)10-13-7-6-8-14(9-13)11-19/h6-10,20H,11-12,19H2,1-5H3. The van der Waals surface area contributed by atoms with Gasteiger partial charge in [-0.1, -0.05) is 30.3 Å². The highest BCUT2D eigenvalue weighted by atomic mass is 16.7. The molecule has 22 heavy (non-hydrogen) atoms. The van der Waals surface area contributed by atoms with Crippen molar-refractivity contribution in [2.75, 3.05) is 13.6 Å². The first-order chi connectivity index (χ1) is 10.3. The number of rotatable bonds is 5. The molecule has 0 unspecified atom stereocenters. The summed E-state index contributed by atoms with van der Waals surface area (Å²) in [6.07, 6.45) is 2.12. The molecule has 0 saturated carbocycles. The number of hydrogen-bond donors (Lipinski definition) is 2. The van der Waals surface area contributed by atoms with Crippen LogP contribution in [0, 0.1) is 0 Å². The van der Waals surface area contributed by atoms with Crippen molar-refractivity contribution in [3.05, 3.63) is 40.9 Å². The molecule has 1 aromatic rings. The van der Waals surface area contributed by atoms with Crippen LogP contribution in [0.1, 0.15) is 38.8 Å². The van der Waals surface area contributed by atoms with Crippen LogP contribution in [0.5, 0.6) is 0 Å². The van der Waals surface area contributed by atoms with Crippen molar-refractivity contribution < 1.29 is 9.31 Å². The van der Waals surface area contributed by atoms with E-state index in [0.717, 1.165) is 16.6 Å². The van der Waals surface area contributed by atoms with Gasteiger partial charge in [0, 0.05) is 13.1 Å². The fourth-order valence-corrected chi connectivity index (χ4v) is 2.42. The summed E-state index contributed by atoms with van der Waals surface area (Å²) in [5.41, 5.74) is 8.37. The van der Waals surface area contributed by atoms with Gasteiger partial charge in [-0.05, 0) is 51.3 Å². The third kappa shape index (κ3) is 3.61. The molecule has 0 aliphatic carbocycles. The van der Waals surface area contributed by atoms with Crippen LogP contribution in [0.2, 0.25) is 0 Å². The lowest BCUT2D eigenvalue weighted by Gasteiger charge is -2.32. The summed E-state index contributed by atoms with van der Waals surface area (Å²) >= 11 is 0. The molecule has 1 saturated heterocycles. The Bertz CT molecular complexity index is 539. The molecule has 3 N–H and O–H groups in total. The lowest BCUT2D eigenvalue weighted by Crippen LogP contribution is -2.41. The van der Waals surface area contributed by atoms with E-state index >= 15 is 0 Å². The highest BCUT2D eigenvalue weighted by Gasteiger charge is 2.52. The lowest BCUT2D eigenvalue weighted by molar-refractivity contribution is 0.00578. The Morgan fingerprint density at radius 1 is 1.23 bits per heavy atom. The Morgan fingerprint density at radius 3 is 2.41 bits per heavy atom. The number of hydrogen-bond acceptors (Lipinski definition) is 4. The molecule has 0 aromatic heterocycles. The molecule has 1 heterocycles. The van der Waals surface area contributed by atoms with Crippen LogP contribution >= 0.6 is 0 Å². The molecule has 1 aromatic carbocycles. The highest BCUT2D eigenvalue weighted by molar-refractivity contribution is 6.55. The van der Waals surface area contributed by atoms with Crippen LogP contribution < -0.4 is 11.1 Å². The second kappa shape index (κ2) is 6.55. The van der Waals surface area contributed by atoms with Gasteiger partial charge in [0.1, 0.15) is 0 Å². The SMILES string of the molecule is CNCC(=Cc1cccc(CN)c1)B1OC(C)(C)C(C)(C)O1. The topological polar surface area (TPSA) is 56.5 Å². The third-order valence-corrected chi connectivity index (χ3v) is 4.48. The molecule has 0 radical (unpaired) electrons. The molecule has 1 aliphatic heterocycles. The Hall–Kier alpha value is -1.14. The molecule has 1 aliphatic rings. The number of likely N-dealkylation sites (N-methyl/N-ethyl adjacent to an activating group) is 1. The molecule has 0 atom stereocenters. The van der Waals surface area contributed by atoms with E-state index in [1.807, 2.05) is 19.2 Å². The Labute approximate surface area is 134 Å². The number of nitrogens with one attached hydrogen (secondary N) is 1. The first-order valence-electron chi connectivity index (χ1n) is 7.79. The van der Waals surface area contributed by atoms with E-state index in [0.29, 0.717) is 13.1 Å². The van der Waals surface area contributed by atoms with Gasteiger partial charge >= 0.3 is 7.12 Å².